The van der Waals surface area contributed by atoms with Crippen molar-refractivity contribution < 1.29 is 0 Å². The molecule has 0 unspecified atom stereocenters. The zero-order valence-electron chi connectivity index (χ0n) is 28.7. The van der Waals surface area contributed by atoms with E-state index in [0.29, 0.717) is 0 Å². The van der Waals surface area contributed by atoms with Gasteiger partial charge in [0.1, 0.15) is 0 Å². The van der Waals surface area contributed by atoms with Gasteiger partial charge < -0.3 is 28.2 Å². The number of hydrogen-bond donors (Lipinski definition) is 2. The van der Waals surface area contributed by atoms with E-state index in [1.165, 1.54) is 73.7 Å². The molecule has 0 saturated carbocycles. The maximum Gasteiger partial charge on any atom is 0.0653 e. The molecule has 0 radical (unpaired) electrons. The molecule has 0 atom stereocenters. The van der Waals surface area contributed by atoms with Crippen LogP contribution in [0.15, 0.2) is 78.9 Å². The predicted octanol–water partition coefficient (Wildman–Crippen LogP) is 10.9. The van der Waals surface area contributed by atoms with Crippen molar-refractivity contribution in [2.75, 3.05) is 0 Å². The third-order valence-corrected chi connectivity index (χ3v) is 11.0. The molecule has 0 aliphatic carbocycles. The van der Waals surface area contributed by atoms with Gasteiger partial charge in [-0.1, -0.05) is 13.3 Å². The monoisotopic (exact) mass is 642 g/mol. The lowest BCUT2D eigenvalue weighted by atomic mass is 10.2. The van der Waals surface area contributed by atoms with Crippen molar-refractivity contribution in [2.45, 2.75) is 74.0 Å². The lowest BCUT2D eigenvalue weighted by molar-refractivity contribution is 0.626. The Morgan fingerprint density at radius 1 is 0.553 bits per heavy atom. The molecule has 0 aliphatic rings. The fraction of sp³-hybridized carbons (Fsp3) is 0.300. The first-order chi connectivity index (χ1) is 22.8. The van der Waals surface area contributed by atoms with Crippen LogP contribution in [0, 0.1) is 20.8 Å². The minimum Gasteiger partial charge on any atom is -0.353 e. The molecule has 7 heteroatoms. The Morgan fingerprint density at radius 3 is 1.77 bits per heavy atom. The van der Waals surface area contributed by atoms with Crippen molar-refractivity contribution in [3.8, 4) is 66.7 Å². The molecule has 47 heavy (non-hydrogen) atoms. The summed E-state index contributed by atoms with van der Waals surface area (Å²) in [6.07, 6.45) is 2.37. The maximum atomic E-state index is 3.73. The summed E-state index contributed by atoms with van der Waals surface area (Å²) in [5.74, 6) is 0. The van der Waals surface area contributed by atoms with Gasteiger partial charge in [-0.05, 0) is 125 Å². The van der Waals surface area contributed by atoms with Gasteiger partial charge in [-0.15, -0.1) is 11.3 Å². The predicted molar refractivity (Wildman–Crippen MR) is 199 cm³/mol. The van der Waals surface area contributed by atoms with Crippen molar-refractivity contribution in [1.29, 1.82) is 0 Å². The van der Waals surface area contributed by atoms with Gasteiger partial charge in [0, 0.05) is 38.1 Å². The Hall–Kier alpha value is -4.62. The first-order valence-electron chi connectivity index (χ1n) is 17.0. The summed E-state index contributed by atoms with van der Waals surface area (Å²) in [6, 6.07) is 29.2. The molecule has 242 valence electrons. The Balaban J connectivity index is 1.17. The van der Waals surface area contributed by atoms with Crippen LogP contribution < -0.4 is 0 Å². The molecule has 0 bridgehead atoms. The quantitative estimate of drug-likeness (QED) is 0.141. The molecule has 7 heterocycles. The fourth-order valence-corrected chi connectivity index (χ4v) is 8.35. The summed E-state index contributed by atoms with van der Waals surface area (Å²) < 4.78 is 9.60. The van der Waals surface area contributed by atoms with Gasteiger partial charge in [0.25, 0.3) is 0 Å². The summed E-state index contributed by atoms with van der Waals surface area (Å²) in [7, 11) is 2.19. The average molecular weight is 643 g/mol. The molecule has 0 spiro atoms. The second-order valence-corrected chi connectivity index (χ2v) is 13.7. The molecule has 7 aromatic heterocycles. The molecule has 7 aromatic rings. The minimum atomic E-state index is 0.901. The van der Waals surface area contributed by atoms with Crippen molar-refractivity contribution >= 4 is 11.3 Å². The molecular weight excluding hydrogens is 597 g/mol. The molecule has 0 amide bonds. The summed E-state index contributed by atoms with van der Waals surface area (Å²) >= 11 is 1.86. The number of thiophene rings is 1. The lowest BCUT2D eigenvalue weighted by Crippen LogP contribution is -2.04. The first-order valence-corrected chi connectivity index (χ1v) is 17.8. The largest absolute Gasteiger partial charge is 0.353 e. The zero-order chi connectivity index (χ0) is 32.8. The molecular formula is C40H46N6S. The van der Waals surface area contributed by atoms with Gasteiger partial charge in [0.15, 0.2) is 0 Å². The van der Waals surface area contributed by atoms with E-state index in [1.54, 1.807) is 0 Å². The zero-order valence-corrected chi connectivity index (χ0v) is 29.6. The second-order valence-electron chi connectivity index (χ2n) is 12.7. The van der Waals surface area contributed by atoms with E-state index in [2.05, 4.69) is 156 Å². The topological polar surface area (TPSA) is 51.3 Å². The van der Waals surface area contributed by atoms with Crippen molar-refractivity contribution in [3.05, 3.63) is 95.8 Å². The summed E-state index contributed by atoms with van der Waals surface area (Å²) in [5.41, 5.74) is 15.9. The van der Waals surface area contributed by atoms with Gasteiger partial charge in [-0.25, -0.2) is 0 Å². The summed E-state index contributed by atoms with van der Waals surface area (Å²) in [4.78, 5) is 9.99. The summed E-state index contributed by atoms with van der Waals surface area (Å²) in [6.45, 7) is 16.2. The van der Waals surface area contributed by atoms with Crippen LogP contribution in [0.2, 0.25) is 0 Å². The highest BCUT2D eigenvalue weighted by Crippen LogP contribution is 2.41. The van der Waals surface area contributed by atoms with Gasteiger partial charge >= 0.3 is 0 Å². The van der Waals surface area contributed by atoms with Gasteiger partial charge in [0.2, 0.25) is 0 Å². The number of aromatic amines is 2. The third kappa shape index (κ3) is 5.36. The van der Waals surface area contributed by atoms with Crippen LogP contribution in [-0.4, -0.2) is 28.2 Å². The molecule has 7 rings (SSSR count). The molecule has 0 aromatic carbocycles. The summed E-state index contributed by atoms with van der Waals surface area (Å²) in [5, 5.41) is 0. The highest BCUT2D eigenvalue weighted by molar-refractivity contribution is 7.19. The van der Waals surface area contributed by atoms with E-state index < -0.39 is 0 Å². The minimum absolute atomic E-state index is 0.901. The number of rotatable bonds is 11. The standard InChI is InChI=1S/C40H46N6S/c1-8-11-24-46-28(6)12-18-33(46)31-16-14-29(41-31)30-15-17-32(42-30)40-26(4)25-39(47-40)38-23-22-37(45(38)10-3)35-21-20-34(43(35)7)36-19-13-27(5)44(36)9-2/h12-23,25,41-42H,8-11,24H2,1-7H3. The average Bonchev–Trinajstić information content (AvgIpc) is 3.90. The van der Waals surface area contributed by atoms with Crippen molar-refractivity contribution in [1.82, 2.24) is 28.2 Å². The van der Waals surface area contributed by atoms with E-state index in [4.69, 9.17) is 0 Å². The van der Waals surface area contributed by atoms with Crippen LogP contribution in [0.1, 0.15) is 50.6 Å². The van der Waals surface area contributed by atoms with Gasteiger partial charge in [-0.2, -0.15) is 0 Å². The van der Waals surface area contributed by atoms with E-state index >= 15 is 0 Å². The number of H-pyrrole nitrogens is 2. The molecule has 0 aliphatic heterocycles. The van der Waals surface area contributed by atoms with Crippen LogP contribution >= 0.6 is 11.3 Å². The number of unbranched alkanes of at least 4 members (excludes halogenated alkanes) is 1. The van der Waals surface area contributed by atoms with E-state index in [9.17, 15) is 0 Å². The van der Waals surface area contributed by atoms with Crippen LogP contribution in [0.4, 0.5) is 0 Å². The Labute approximate surface area is 282 Å². The Kier molecular flexibility index (Phi) is 8.27. The number of aryl methyl sites for hydroxylation is 3. The van der Waals surface area contributed by atoms with Gasteiger partial charge in [-0.3, -0.25) is 0 Å². The molecule has 0 saturated heterocycles. The third-order valence-electron chi connectivity index (χ3n) is 9.75. The number of hydrogen-bond acceptors (Lipinski definition) is 1. The normalized spacial score (nSPS) is 11.7. The molecule has 6 nitrogen and oxygen atoms in total. The van der Waals surface area contributed by atoms with Crippen LogP contribution in [0.25, 0.3) is 66.7 Å². The van der Waals surface area contributed by atoms with E-state index in [0.717, 1.165) is 42.4 Å². The fourth-order valence-electron chi connectivity index (χ4n) is 7.17. The van der Waals surface area contributed by atoms with Crippen LogP contribution in [0.5, 0.6) is 0 Å². The van der Waals surface area contributed by atoms with Crippen LogP contribution in [0.3, 0.4) is 0 Å². The van der Waals surface area contributed by atoms with Gasteiger partial charge in [0.05, 0.1) is 66.7 Å². The van der Waals surface area contributed by atoms with Crippen molar-refractivity contribution in [3.63, 3.8) is 0 Å². The lowest BCUT2D eigenvalue weighted by Gasteiger charge is -2.14. The highest BCUT2D eigenvalue weighted by atomic mass is 32.1. The number of nitrogens with one attached hydrogen (secondary N) is 2. The number of aromatic nitrogens is 6. The van der Waals surface area contributed by atoms with Crippen LogP contribution in [-0.2, 0) is 26.7 Å². The SMILES string of the molecule is CCCCn1c(C)ccc1-c1ccc(-c2ccc(-c3sc(-c4ccc(-c5ccc(-c6ccc(C)n6CC)n5C)n4CC)cc3C)[nH]2)[nH]1. The Bertz CT molecular complexity index is 2160. The Morgan fingerprint density at radius 2 is 1.09 bits per heavy atom. The van der Waals surface area contributed by atoms with E-state index in [1.807, 2.05) is 11.3 Å². The number of nitrogens with zero attached hydrogens (tertiary/aromatic N) is 4. The molecule has 0 fully saturated rings. The highest BCUT2D eigenvalue weighted by Gasteiger charge is 2.20. The maximum absolute atomic E-state index is 3.73. The van der Waals surface area contributed by atoms with Crippen molar-refractivity contribution in [2.24, 2.45) is 7.05 Å². The first kappa shape index (κ1) is 31.0. The molecule has 2 N–H and O–H groups in total. The van der Waals surface area contributed by atoms with E-state index in [-0.39, 0.29) is 0 Å². The second kappa shape index (κ2) is 12.5. The smallest absolute Gasteiger partial charge is 0.0653 e.